The maximum Gasteiger partial charge on any atom is 0.281 e. The van der Waals surface area contributed by atoms with Crippen LogP contribution in [-0.4, -0.2) is 34.9 Å². The second kappa shape index (κ2) is 16.5. The Labute approximate surface area is 212 Å². The van der Waals surface area contributed by atoms with Crippen LogP contribution >= 0.6 is 0 Å². The fourth-order valence-electron chi connectivity index (χ4n) is 2.30. The van der Waals surface area contributed by atoms with Crippen LogP contribution in [0.1, 0.15) is 68.7 Å². The second-order valence-electron chi connectivity index (χ2n) is 7.77. The van der Waals surface area contributed by atoms with Crippen molar-refractivity contribution >= 4 is 16.9 Å². The van der Waals surface area contributed by atoms with E-state index in [9.17, 15) is 18.0 Å². The van der Waals surface area contributed by atoms with Crippen LogP contribution in [0.15, 0.2) is 34.9 Å². The lowest BCUT2D eigenvalue weighted by molar-refractivity contribution is -0.115. The molecule has 0 spiro atoms. The fourth-order valence-corrected chi connectivity index (χ4v) is 2.30. The van der Waals surface area contributed by atoms with Gasteiger partial charge in [0, 0.05) is 18.1 Å². The van der Waals surface area contributed by atoms with Crippen LogP contribution in [-0.2, 0) is 4.79 Å². The zero-order chi connectivity index (χ0) is 27.9. The molecule has 0 saturated heterocycles. The molecule has 3 rings (SSSR count). The highest BCUT2D eigenvalue weighted by Gasteiger charge is 2.27. The lowest BCUT2D eigenvalue weighted by Gasteiger charge is -2.15. The molecule has 0 radical (unpaired) electrons. The maximum absolute atomic E-state index is 14.2. The topological polar surface area (TPSA) is 74.5 Å². The minimum atomic E-state index is -3.01. The van der Waals surface area contributed by atoms with Gasteiger partial charge >= 0.3 is 0 Å². The van der Waals surface area contributed by atoms with Crippen molar-refractivity contribution in [1.82, 2.24) is 9.97 Å². The summed E-state index contributed by atoms with van der Waals surface area (Å²) in [6.45, 7) is 16.1. The second-order valence-corrected chi connectivity index (χ2v) is 7.77. The molecule has 0 aliphatic carbocycles. The van der Waals surface area contributed by atoms with E-state index in [0.29, 0.717) is 35.1 Å². The molecule has 0 amide bonds. The first-order valence-electron chi connectivity index (χ1n) is 12.2. The molecular weight excluding hydrogens is 473 g/mol. The number of aromatic nitrogens is 2. The normalized spacial score (nSPS) is 10.4. The van der Waals surface area contributed by atoms with Crippen LogP contribution in [0.4, 0.5) is 13.2 Å². The number of rotatable bonds is 8. The van der Waals surface area contributed by atoms with Gasteiger partial charge in [0.25, 0.3) is 5.92 Å². The predicted octanol–water partition coefficient (Wildman–Crippen LogP) is 8.14. The number of hydrogen-bond donors (Lipinski definition) is 0. The Bertz CT molecular complexity index is 1050. The standard InChI is InChI=1S/C20H21F3N2O3.C3H6O.2C2H6/c1-4-20(22,23)11-27-16-6-5-13(7-14(16)21)19-25-15-9-24-18(8-17(15)28-19)26-10-12(2)3;1-3(2)4;2*1-2/h5-9,12H,4,10-11H2,1-3H3;1-2H3;2*1-2H3. The van der Waals surface area contributed by atoms with Crippen molar-refractivity contribution in [3.8, 4) is 23.1 Å². The molecule has 2 aromatic heterocycles. The molecular formula is C27H39F3N2O4. The molecule has 0 saturated carbocycles. The number of carbonyl (C=O) groups excluding carboxylic acids is 1. The highest BCUT2D eigenvalue weighted by Crippen LogP contribution is 2.30. The van der Waals surface area contributed by atoms with Crippen molar-refractivity contribution in [3.05, 3.63) is 36.3 Å². The zero-order valence-corrected chi connectivity index (χ0v) is 22.7. The summed E-state index contributed by atoms with van der Waals surface area (Å²) in [6.07, 6.45) is 1.13. The number of hydrogen-bond acceptors (Lipinski definition) is 6. The van der Waals surface area contributed by atoms with Gasteiger partial charge in [-0.1, -0.05) is 48.5 Å². The first-order valence-corrected chi connectivity index (χ1v) is 12.2. The SMILES string of the molecule is CC.CC.CC(C)=O.CCC(F)(F)COc1ccc(-c2nc3cnc(OCC(C)C)cc3o2)cc1F. The van der Waals surface area contributed by atoms with E-state index >= 15 is 0 Å². The average Bonchev–Trinajstić information content (AvgIpc) is 3.27. The van der Waals surface area contributed by atoms with Crippen molar-refractivity contribution < 1.29 is 31.9 Å². The Morgan fingerprint density at radius 1 is 1.08 bits per heavy atom. The van der Waals surface area contributed by atoms with Gasteiger partial charge in [0.2, 0.25) is 11.8 Å². The Morgan fingerprint density at radius 3 is 2.22 bits per heavy atom. The molecule has 3 aromatic rings. The van der Waals surface area contributed by atoms with Gasteiger partial charge in [0.05, 0.1) is 12.8 Å². The number of ketones is 1. The number of fused-ring (bicyclic) bond motifs is 1. The van der Waals surface area contributed by atoms with Crippen LogP contribution in [0.25, 0.3) is 22.6 Å². The van der Waals surface area contributed by atoms with Gasteiger partial charge in [-0.15, -0.1) is 0 Å². The molecule has 6 nitrogen and oxygen atoms in total. The summed E-state index contributed by atoms with van der Waals surface area (Å²) >= 11 is 0. The van der Waals surface area contributed by atoms with Crippen molar-refractivity contribution in [2.75, 3.05) is 13.2 Å². The first-order chi connectivity index (χ1) is 17.0. The Kier molecular flexibility index (Phi) is 15.1. The number of pyridine rings is 1. The third kappa shape index (κ3) is 11.6. The minimum Gasteiger partial charge on any atom is -0.484 e. The number of carbonyl (C=O) groups is 1. The van der Waals surface area contributed by atoms with Gasteiger partial charge in [-0.2, -0.15) is 0 Å². The van der Waals surface area contributed by atoms with Crippen molar-refractivity contribution in [3.63, 3.8) is 0 Å². The van der Waals surface area contributed by atoms with Crippen LogP contribution in [0, 0.1) is 11.7 Å². The van der Waals surface area contributed by atoms with Gasteiger partial charge in [0.15, 0.2) is 23.8 Å². The molecule has 0 unspecified atom stereocenters. The Balaban J connectivity index is 0.00000137. The Morgan fingerprint density at radius 2 is 1.69 bits per heavy atom. The third-order valence-electron chi connectivity index (χ3n) is 3.95. The van der Waals surface area contributed by atoms with Crippen LogP contribution in [0.2, 0.25) is 0 Å². The fraction of sp³-hybridized carbons (Fsp3) is 0.519. The molecule has 9 heteroatoms. The molecule has 0 bridgehead atoms. The van der Waals surface area contributed by atoms with Gasteiger partial charge in [-0.05, 0) is 38.0 Å². The van der Waals surface area contributed by atoms with Gasteiger partial charge in [-0.25, -0.2) is 23.1 Å². The van der Waals surface area contributed by atoms with E-state index in [0.717, 1.165) is 6.07 Å². The highest BCUT2D eigenvalue weighted by molar-refractivity contribution is 5.76. The molecule has 1 aromatic carbocycles. The molecule has 0 aliphatic heterocycles. The summed E-state index contributed by atoms with van der Waals surface area (Å²) in [5.74, 6) is -2.92. The highest BCUT2D eigenvalue weighted by atomic mass is 19.3. The quantitative estimate of drug-likeness (QED) is 0.303. The molecule has 0 fully saturated rings. The Hall–Kier alpha value is -3.10. The van der Waals surface area contributed by atoms with Crippen molar-refractivity contribution in [2.45, 2.75) is 74.7 Å². The number of ether oxygens (including phenoxy) is 2. The van der Waals surface area contributed by atoms with Gasteiger partial charge in [0.1, 0.15) is 11.3 Å². The van der Waals surface area contributed by atoms with Crippen LogP contribution in [0.5, 0.6) is 11.6 Å². The summed E-state index contributed by atoms with van der Waals surface area (Å²) in [5, 5.41) is 0. The third-order valence-corrected chi connectivity index (χ3v) is 3.95. The van der Waals surface area contributed by atoms with Crippen molar-refractivity contribution in [2.24, 2.45) is 5.92 Å². The smallest absolute Gasteiger partial charge is 0.281 e. The molecule has 202 valence electrons. The minimum absolute atomic E-state index is 0.167. The summed E-state index contributed by atoms with van der Waals surface area (Å²) in [4.78, 5) is 17.9. The van der Waals surface area contributed by atoms with E-state index < -0.39 is 18.3 Å². The molecule has 0 N–H and O–H groups in total. The number of benzene rings is 1. The number of Topliss-reactive ketones (excluding diaryl/α,β-unsaturated/α-hetero) is 1. The van der Waals surface area contributed by atoms with E-state index in [1.807, 2.05) is 41.5 Å². The summed E-state index contributed by atoms with van der Waals surface area (Å²) in [6, 6.07) is 5.53. The first kappa shape index (κ1) is 32.9. The maximum atomic E-state index is 14.2. The van der Waals surface area contributed by atoms with E-state index in [1.165, 1.54) is 39.1 Å². The van der Waals surface area contributed by atoms with E-state index in [2.05, 4.69) is 9.97 Å². The number of oxazole rings is 1. The molecule has 36 heavy (non-hydrogen) atoms. The van der Waals surface area contributed by atoms with Crippen molar-refractivity contribution in [1.29, 1.82) is 0 Å². The number of alkyl halides is 2. The molecule has 0 aliphatic rings. The zero-order valence-electron chi connectivity index (χ0n) is 22.7. The number of halogens is 3. The van der Waals surface area contributed by atoms with E-state index in [1.54, 1.807) is 6.07 Å². The van der Waals surface area contributed by atoms with Gasteiger partial charge in [-0.3, -0.25) is 0 Å². The lowest BCUT2D eigenvalue weighted by Crippen LogP contribution is -2.24. The van der Waals surface area contributed by atoms with Crippen LogP contribution in [0.3, 0.4) is 0 Å². The van der Waals surface area contributed by atoms with Crippen LogP contribution < -0.4 is 9.47 Å². The van der Waals surface area contributed by atoms with Gasteiger partial charge < -0.3 is 18.7 Å². The van der Waals surface area contributed by atoms with E-state index in [-0.39, 0.29) is 23.8 Å². The average molecular weight is 513 g/mol. The summed E-state index contributed by atoms with van der Waals surface area (Å²) in [5.41, 5.74) is 1.30. The monoisotopic (exact) mass is 512 g/mol. The lowest BCUT2D eigenvalue weighted by atomic mass is 10.2. The molecule has 2 heterocycles. The number of nitrogens with zero attached hydrogens (tertiary/aromatic N) is 2. The summed E-state index contributed by atoms with van der Waals surface area (Å²) in [7, 11) is 0. The molecule has 0 atom stereocenters. The summed E-state index contributed by atoms with van der Waals surface area (Å²) < 4.78 is 56.9. The largest absolute Gasteiger partial charge is 0.484 e. The van der Waals surface area contributed by atoms with E-state index in [4.69, 9.17) is 13.9 Å². The predicted molar refractivity (Wildman–Crippen MR) is 137 cm³/mol.